The zero-order chi connectivity index (χ0) is 11.4. The van der Waals surface area contributed by atoms with Crippen molar-refractivity contribution >= 4 is 0 Å². The predicted molar refractivity (Wildman–Crippen MR) is 62.1 cm³/mol. The van der Waals surface area contributed by atoms with Gasteiger partial charge in [0.1, 0.15) is 12.0 Å². The summed E-state index contributed by atoms with van der Waals surface area (Å²) in [6.07, 6.45) is 3.04. The summed E-state index contributed by atoms with van der Waals surface area (Å²) in [7, 11) is 0. The maximum atomic E-state index is 8.72. The Morgan fingerprint density at radius 2 is 2.25 bits per heavy atom. The lowest BCUT2D eigenvalue weighted by atomic mass is 10.1. The molecule has 0 aliphatic carbocycles. The van der Waals surface area contributed by atoms with Crippen molar-refractivity contribution in [2.24, 2.45) is 0 Å². The first-order chi connectivity index (χ1) is 7.79. The van der Waals surface area contributed by atoms with Crippen LogP contribution in [0, 0.1) is 6.92 Å². The molecule has 0 saturated carbocycles. The molecule has 1 aromatic heterocycles. The van der Waals surface area contributed by atoms with Crippen molar-refractivity contribution in [1.82, 2.24) is 4.98 Å². The standard InChI is InChI=1S/C13H15NO2/c1-10-4-2-5-11(8-10)12-9-16-13(14-12)6-3-7-15/h2,4-5,8-9,15H,3,6-7H2,1H3. The molecular formula is C13H15NO2. The molecule has 0 radical (unpaired) electrons. The van der Waals surface area contributed by atoms with Crippen LogP contribution >= 0.6 is 0 Å². The first-order valence-electron chi connectivity index (χ1n) is 5.42. The van der Waals surface area contributed by atoms with Gasteiger partial charge in [-0.1, -0.05) is 23.8 Å². The molecule has 0 saturated heterocycles. The van der Waals surface area contributed by atoms with Crippen molar-refractivity contribution in [3.8, 4) is 11.3 Å². The fourth-order valence-electron chi connectivity index (χ4n) is 1.59. The number of nitrogens with zero attached hydrogens (tertiary/aromatic N) is 1. The Morgan fingerprint density at radius 1 is 1.38 bits per heavy atom. The van der Waals surface area contributed by atoms with Crippen molar-refractivity contribution in [3.05, 3.63) is 42.0 Å². The van der Waals surface area contributed by atoms with E-state index < -0.39 is 0 Å². The van der Waals surface area contributed by atoms with Gasteiger partial charge in [-0.3, -0.25) is 0 Å². The molecule has 2 aromatic rings. The Balaban J connectivity index is 2.18. The van der Waals surface area contributed by atoms with Gasteiger partial charge in [-0.25, -0.2) is 4.98 Å². The summed E-state index contributed by atoms with van der Waals surface area (Å²) in [5.41, 5.74) is 3.13. The van der Waals surface area contributed by atoms with Gasteiger partial charge in [0.2, 0.25) is 0 Å². The summed E-state index contributed by atoms with van der Waals surface area (Å²) in [4.78, 5) is 4.38. The zero-order valence-electron chi connectivity index (χ0n) is 9.31. The van der Waals surface area contributed by atoms with Gasteiger partial charge in [-0.2, -0.15) is 0 Å². The van der Waals surface area contributed by atoms with Crippen molar-refractivity contribution in [3.63, 3.8) is 0 Å². The molecule has 3 heteroatoms. The van der Waals surface area contributed by atoms with Crippen molar-refractivity contribution in [2.45, 2.75) is 19.8 Å². The number of aryl methyl sites for hydroxylation is 2. The van der Waals surface area contributed by atoms with Gasteiger partial charge in [-0.05, 0) is 19.4 Å². The second-order valence-electron chi connectivity index (χ2n) is 3.82. The van der Waals surface area contributed by atoms with Gasteiger partial charge < -0.3 is 9.52 Å². The van der Waals surface area contributed by atoms with Crippen LogP contribution in [-0.4, -0.2) is 16.7 Å². The lowest BCUT2D eigenvalue weighted by Crippen LogP contribution is -1.89. The van der Waals surface area contributed by atoms with E-state index in [1.807, 2.05) is 12.1 Å². The van der Waals surface area contributed by atoms with Crippen molar-refractivity contribution < 1.29 is 9.52 Å². The molecule has 1 heterocycles. The number of aliphatic hydroxyl groups excluding tert-OH is 1. The number of aliphatic hydroxyl groups is 1. The minimum Gasteiger partial charge on any atom is -0.448 e. The molecule has 0 unspecified atom stereocenters. The molecule has 0 aliphatic heterocycles. The average molecular weight is 217 g/mol. The van der Waals surface area contributed by atoms with Crippen LogP contribution in [0.1, 0.15) is 17.9 Å². The summed E-state index contributed by atoms with van der Waals surface area (Å²) in [6, 6.07) is 8.15. The third-order valence-electron chi connectivity index (χ3n) is 2.41. The number of hydrogen-bond donors (Lipinski definition) is 1. The van der Waals surface area contributed by atoms with Crippen LogP contribution in [0.3, 0.4) is 0 Å². The third-order valence-corrected chi connectivity index (χ3v) is 2.41. The van der Waals surface area contributed by atoms with E-state index in [1.54, 1.807) is 6.26 Å². The molecule has 16 heavy (non-hydrogen) atoms. The number of oxazole rings is 1. The SMILES string of the molecule is Cc1cccc(-c2coc(CCCO)n2)c1. The fraction of sp³-hybridized carbons (Fsp3) is 0.308. The molecule has 84 valence electrons. The number of aromatic nitrogens is 1. The molecule has 0 aliphatic rings. The lowest BCUT2D eigenvalue weighted by molar-refractivity contribution is 0.283. The normalized spacial score (nSPS) is 10.6. The molecule has 0 amide bonds. The van der Waals surface area contributed by atoms with Gasteiger partial charge in [0.15, 0.2) is 5.89 Å². The Morgan fingerprint density at radius 3 is 3.00 bits per heavy atom. The largest absolute Gasteiger partial charge is 0.448 e. The van der Waals surface area contributed by atoms with Gasteiger partial charge >= 0.3 is 0 Å². The van der Waals surface area contributed by atoms with Crippen LogP contribution in [-0.2, 0) is 6.42 Å². The summed E-state index contributed by atoms with van der Waals surface area (Å²) in [6.45, 7) is 2.22. The van der Waals surface area contributed by atoms with Crippen LogP contribution < -0.4 is 0 Å². The summed E-state index contributed by atoms with van der Waals surface area (Å²) < 4.78 is 5.34. The highest BCUT2D eigenvalue weighted by molar-refractivity contribution is 5.58. The fourth-order valence-corrected chi connectivity index (χ4v) is 1.59. The van der Waals surface area contributed by atoms with E-state index in [1.165, 1.54) is 5.56 Å². The summed E-state index contributed by atoms with van der Waals surface area (Å²) in [5.74, 6) is 0.686. The zero-order valence-corrected chi connectivity index (χ0v) is 9.31. The smallest absolute Gasteiger partial charge is 0.194 e. The van der Waals surface area contributed by atoms with Crippen LogP contribution in [0.5, 0.6) is 0 Å². The van der Waals surface area contributed by atoms with Gasteiger partial charge in [0.25, 0.3) is 0 Å². The Labute approximate surface area is 94.8 Å². The number of rotatable bonds is 4. The second-order valence-corrected chi connectivity index (χ2v) is 3.82. The number of benzene rings is 1. The predicted octanol–water partition coefficient (Wildman–Crippen LogP) is 2.57. The van der Waals surface area contributed by atoms with E-state index >= 15 is 0 Å². The highest BCUT2D eigenvalue weighted by Crippen LogP contribution is 2.19. The van der Waals surface area contributed by atoms with E-state index in [4.69, 9.17) is 9.52 Å². The summed E-state index contributed by atoms with van der Waals surface area (Å²) >= 11 is 0. The Kier molecular flexibility index (Phi) is 3.37. The van der Waals surface area contributed by atoms with E-state index in [0.29, 0.717) is 18.7 Å². The molecule has 0 atom stereocenters. The van der Waals surface area contributed by atoms with Crippen molar-refractivity contribution in [1.29, 1.82) is 0 Å². The molecule has 0 fully saturated rings. The van der Waals surface area contributed by atoms with Gasteiger partial charge in [0.05, 0.1) is 0 Å². The Bertz CT molecular complexity index is 462. The molecule has 0 spiro atoms. The summed E-state index contributed by atoms with van der Waals surface area (Å²) in [5, 5.41) is 8.72. The Hall–Kier alpha value is -1.61. The van der Waals surface area contributed by atoms with E-state index in [0.717, 1.165) is 11.3 Å². The molecule has 1 N–H and O–H groups in total. The minimum absolute atomic E-state index is 0.169. The monoisotopic (exact) mass is 217 g/mol. The maximum absolute atomic E-state index is 8.72. The maximum Gasteiger partial charge on any atom is 0.194 e. The van der Waals surface area contributed by atoms with Crippen LogP contribution in [0.15, 0.2) is 34.9 Å². The molecule has 3 nitrogen and oxygen atoms in total. The van der Waals surface area contributed by atoms with Crippen LogP contribution in [0.4, 0.5) is 0 Å². The minimum atomic E-state index is 0.169. The van der Waals surface area contributed by atoms with Crippen molar-refractivity contribution in [2.75, 3.05) is 6.61 Å². The second kappa shape index (κ2) is 4.94. The first kappa shape index (κ1) is 10.9. The molecule has 1 aromatic carbocycles. The lowest BCUT2D eigenvalue weighted by Gasteiger charge is -1.96. The first-order valence-corrected chi connectivity index (χ1v) is 5.42. The quantitative estimate of drug-likeness (QED) is 0.856. The van der Waals surface area contributed by atoms with Gasteiger partial charge in [0, 0.05) is 18.6 Å². The molecule has 2 rings (SSSR count). The third kappa shape index (κ3) is 2.49. The van der Waals surface area contributed by atoms with Crippen LogP contribution in [0.2, 0.25) is 0 Å². The van der Waals surface area contributed by atoms with E-state index in [9.17, 15) is 0 Å². The topological polar surface area (TPSA) is 46.3 Å². The molecular weight excluding hydrogens is 202 g/mol. The molecule has 0 bridgehead atoms. The highest BCUT2D eigenvalue weighted by atomic mass is 16.3. The van der Waals surface area contributed by atoms with Gasteiger partial charge in [-0.15, -0.1) is 0 Å². The van der Waals surface area contributed by atoms with E-state index in [-0.39, 0.29) is 6.61 Å². The van der Waals surface area contributed by atoms with Crippen LogP contribution in [0.25, 0.3) is 11.3 Å². The highest BCUT2D eigenvalue weighted by Gasteiger charge is 2.05. The number of hydrogen-bond acceptors (Lipinski definition) is 3. The van der Waals surface area contributed by atoms with E-state index in [2.05, 4.69) is 24.0 Å². The average Bonchev–Trinajstić information content (AvgIpc) is 2.75.